The summed E-state index contributed by atoms with van der Waals surface area (Å²) in [6.45, 7) is 0. The molecule has 0 aliphatic carbocycles. The van der Waals surface area contributed by atoms with Crippen LogP contribution in [0.5, 0.6) is 5.75 Å². The number of nitrogens with zero attached hydrogens (tertiary/aromatic N) is 1. The van der Waals surface area contributed by atoms with Crippen LogP contribution in [-0.2, 0) is 15.2 Å². The first-order valence-corrected chi connectivity index (χ1v) is 9.10. The molecule has 3 aromatic carbocycles. The van der Waals surface area contributed by atoms with E-state index in [1.54, 1.807) is 7.11 Å². The number of anilines is 1. The Labute approximate surface area is 162 Å². The largest absolute Gasteiger partial charge is 0.497 e. The minimum atomic E-state index is -1.24. The van der Waals surface area contributed by atoms with Crippen LogP contribution < -0.4 is 10.1 Å². The predicted molar refractivity (Wildman–Crippen MR) is 107 cm³/mol. The normalized spacial score (nSPS) is 22.4. The predicted octanol–water partition coefficient (Wildman–Crippen LogP) is 4.06. The number of benzene rings is 3. The molecule has 5 nitrogen and oxygen atoms in total. The zero-order valence-corrected chi connectivity index (χ0v) is 15.3. The summed E-state index contributed by atoms with van der Waals surface area (Å²) in [4.78, 5) is 19.2. The van der Waals surface area contributed by atoms with Crippen LogP contribution in [0.2, 0.25) is 0 Å². The summed E-state index contributed by atoms with van der Waals surface area (Å²) >= 11 is 0. The molecule has 0 unspecified atom stereocenters. The van der Waals surface area contributed by atoms with E-state index >= 15 is 0 Å². The fourth-order valence-corrected chi connectivity index (χ4v) is 4.09. The molecule has 0 saturated heterocycles. The second-order valence-corrected chi connectivity index (χ2v) is 6.88. The molecule has 3 aromatic rings. The number of ether oxygens (including phenoxy) is 1. The molecule has 0 fully saturated rings. The average Bonchev–Trinajstić information content (AvgIpc) is 3.28. The molecule has 0 bridgehead atoms. The summed E-state index contributed by atoms with van der Waals surface area (Å²) in [7, 11) is 1.63. The number of nitrogens with one attached hydrogen (secondary N) is 1. The van der Waals surface area contributed by atoms with Gasteiger partial charge in [0.25, 0.3) is 11.5 Å². The molecule has 2 aliphatic rings. The number of hydrogen-bond acceptors (Lipinski definition) is 4. The first kappa shape index (κ1) is 16.6. The van der Waals surface area contributed by atoms with Crippen molar-refractivity contribution in [2.24, 2.45) is 5.16 Å². The Morgan fingerprint density at radius 1 is 1.00 bits per heavy atom. The highest BCUT2D eigenvalue weighted by Gasteiger charge is 2.61. The molecule has 2 aliphatic heterocycles. The third-order valence-corrected chi connectivity index (χ3v) is 5.38. The van der Waals surface area contributed by atoms with Crippen molar-refractivity contribution in [3.8, 4) is 5.75 Å². The molecule has 28 heavy (non-hydrogen) atoms. The van der Waals surface area contributed by atoms with E-state index in [1.807, 2.05) is 78.9 Å². The van der Waals surface area contributed by atoms with Gasteiger partial charge in [-0.2, -0.15) is 0 Å². The van der Waals surface area contributed by atoms with E-state index in [-0.39, 0.29) is 5.91 Å². The van der Waals surface area contributed by atoms with Crippen LogP contribution in [0, 0.1) is 0 Å². The van der Waals surface area contributed by atoms with E-state index in [0.29, 0.717) is 0 Å². The zero-order valence-electron chi connectivity index (χ0n) is 15.3. The summed E-state index contributed by atoms with van der Waals surface area (Å²) < 4.78 is 5.42. The molecule has 1 spiro atoms. The fourth-order valence-electron chi connectivity index (χ4n) is 4.09. The van der Waals surface area contributed by atoms with Gasteiger partial charge in [-0.1, -0.05) is 65.8 Å². The first-order valence-electron chi connectivity index (χ1n) is 9.10. The number of carbonyl (C=O) groups is 1. The van der Waals surface area contributed by atoms with Crippen molar-refractivity contribution in [2.45, 2.75) is 11.5 Å². The molecule has 0 radical (unpaired) electrons. The number of hydrogen-bond donors (Lipinski definition) is 1. The number of carbonyl (C=O) groups excluding carboxylic acids is 1. The highest BCUT2D eigenvalue weighted by Crippen LogP contribution is 2.53. The third-order valence-electron chi connectivity index (χ3n) is 5.38. The average molecular weight is 370 g/mol. The summed E-state index contributed by atoms with van der Waals surface area (Å²) in [5.41, 5.74) is 2.86. The molecule has 5 rings (SSSR count). The maximum atomic E-state index is 13.2. The molecule has 0 saturated carbocycles. The smallest absolute Gasteiger partial charge is 0.277 e. The van der Waals surface area contributed by atoms with Crippen LogP contribution >= 0.6 is 0 Å². The van der Waals surface area contributed by atoms with Gasteiger partial charge >= 0.3 is 0 Å². The lowest BCUT2D eigenvalue weighted by Gasteiger charge is -2.28. The van der Waals surface area contributed by atoms with Crippen molar-refractivity contribution in [3.63, 3.8) is 0 Å². The lowest BCUT2D eigenvalue weighted by Crippen LogP contribution is -2.41. The minimum absolute atomic E-state index is 0.212. The lowest BCUT2D eigenvalue weighted by atomic mass is 9.74. The van der Waals surface area contributed by atoms with E-state index in [9.17, 15) is 4.79 Å². The number of rotatable bonds is 3. The van der Waals surface area contributed by atoms with E-state index in [1.165, 1.54) is 0 Å². The van der Waals surface area contributed by atoms with E-state index < -0.39 is 11.5 Å². The van der Waals surface area contributed by atoms with Crippen molar-refractivity contribution >= 4 is 17.3 Å². The van der Waals surface area contributed by atoms with Gasteiger partial charge in [-0.25, -0.2) is 0 Å². The van der Waals surface area contributed by atoms with Gasteiger partial charge in [0.15, 0.2) is 0 Å². The standard InChI is InChI=1S/C23H18N2O3/c1-27-17-11-7-10-16(14-17)20-21(15-8-3-2-4-9-15)25-28-23(20)18-12-5-6-13-19(18)24-22(23)26/h2-14,20H,1H3,(H,24,26)/t20-,23-/m0/s1. The second-order valence-electron chi connectivity index (χ2n) is 6.88. The van der Waals surface area contributed by atoms with Gasteiger partial charge in [-0.3, -0.25) is 4.79 Å². The molecular formula is C23H18N2O3. The number of methoxy groups -OCH3 is 1. The highest BCUT2D eigenvalue weighted by molar-refractivity contribution is 6.15. The maximum absolute atomic E-state index is 13.2. The van der Waals surface area contributed by atoms with Gasteiger partial charge in [0.05, 0.1) is 18.7 Å². The van der Waals surface area contributed by atoms with Crippen molar-refractivity contribution < 1.29 is 14.4 Å². The number of fused-ring (bicyclic) bond motifs is 2. The Morgan fingerprint density at radius 2 is 1.79 bits per heavy atom. The topological polar surface area (TPSA) is 59.9 Å². The van der Waals surface area contributed by atoms with E-state index in [2.05, 4.69) is 10.5 Å². The van der Waals surface area contributed by atoms with Crippen molar-refractivity contribution in [1.82, 2.24) is 0 Å². The number of amides is 1. The van der Waals surface area contributed by atoms with Crippen LogP contribution in [0.4, 0.5) is 5.69 Å². The fraction of sp³-hybridized carbons (Fsp3) is 0.130. The first-order chi connectivity index (χ1) is 13.7. The summed E-state index contributed by atoms with van der Waals surface area (Å²) in [6, 6.07) is 25.1. The molecule has 2 heterocycles. The van der Waals surface area contributed by atoms with Crippen molar-refractivity contribution in [1.29, 1.82) is 0 Å². The number of para-hydroxylation sites is 1. The van der Waals surface area contributed by atoms with E-state index in [4.69, 9.17) is 9.57 Å². The summed E-state index contributed by atoms with van der Waals surface area (Å²) in [5, 5.41) is 7.38. The Bertz CT molecular complexity index is 1090. The van der Waals surface area contributed by atoms with Gasteiger partial charge in [-0.05, 0) is 23.8 Å². The molecule has 2 atom stereocenters. The molecular weight excluding hydrogens is 352 g/mol. The lowest BCUT2D eigenvalue weighted by molar-refractivity contribution is -0.139. The SMILES string of the molecule is COc1cccc([C@H]2C(c3ccccc3)=NO[C@]23C(=O)Nc2ccccc23)c1. The van der Waals surface area contributed by atoms with Gasteiger partial charge in [0.2, 0.25) is 0 Å². The van der Waals surface area contributed by atoms with Crippen LogP contribution in [-0.4, -0.2) is 18.7 Å². The second kappa shape index (κ2) is 6.23. The molecule has 5 heteroatoms. The Hall–Kier alpha value is -3.60. The molecule has 0 aromatic heterocycles. The molecule has 1 N–H and O–H groups in total. The molecule has 1 amide bonds. The Morgan fingerprint density at radius 3 is 2.61 bits per heavy atom. The van der Waals surface area contributed by atoms with Crippen molar-refractivity contribution in [2.75, 3.05) is 12.4 Å². The monoisotopic (exact) mass is 370 g/mol. The Kier molecular flexibility index (Phi) is 3.69. The third kappa shape index (κ3) is 2.26. The van der Waals surface area contributed by atoms with Gasteiger partial charge < -0.3 is 14.9 Å². The van der Waals surface area contributed by atoms with Crippen LogP contribution in [0.1, 0.15) is 22.6 Å². The van der Waals surface area contributed by atoms with Crippen LogP contribution in [0.15, 0.2) is 84.0 Å². The summed E-state index contributed by atoms with van der Waals surface area (Å²) in [6.07, 6.45) is 0. The highest BCUT2D eigenvalue weighted by atomic mass is 16.7. The summed E-state index contributed by atoms with van der Waals surface area (Å²) in [5.74, 6) is 0.100. The van der Waals surface area contributed by atoms with Gasteiger partial charge in [-0.15, -0.1) is 0 Å². The van der Waals surface area contributed by atoms with Gasteiger partial charge in [0, 0.05) is 16.8 Å². The quantitative estimate of drug-likeness (QED) is 0.756. The number of oxime groups is 1. The van der Waals surface area contributed by atoms with Crippen LogP contribution in [0.3, 0.4) is 0 Å². The zero-order chi connectivity index (χ0) is 19.1. The van der Waals surface area contributed by atoms with E-state index in [0.717, 1.165) is 33.8 Å². The minimum Gasteiger partial charge on any atom is -0.497 e. The molecule has 138 valence electrons. The Balaban J connectivity index is 1.74. The van der Waals surface area contributed by atoms with Gasteiger partial charge in [0.1, 0.15) is 5.75 Å². The van der Waals surface area contributed by atoms with Crippen molar-refractivity contribution in [3.05, 3.63) is 95.6 Å². The maximum Gasteiger partial charge on any atom is 0.277 e. The van der Waals surface area contributed by atoms with Crippen LogP contribution in [0.25, 0.3) is 0 Å².